The third-order valence-corrected chi connectivity index (χ3v) is 4.79. The van der Waals surface area contributed by atoms with Crippen molar-refractivity contribution in [2.45, 2.75) is 12.1 Å². The van der Waals surface area contributed by atoms with Gasteiger partial charge in [0.15, 0.2) is 15.0 Å². The summed E-state index contributed by atoms with van der Waals surface area (Å²) >= 11 is 11.4. The minimum atomic E-state index is -3.20. The van der Waals surface area contributed by atoms with Gasteiger partial charge in [0.2, 0.25) is 0 Å². The highest BCUT2D eigenvalue weighted by atomic mass is 35.5. The van der Waals surface area contributed by atoms with Crippen LogP contribution in [0.1, 0.15) is 6.04 Å². The number of aliphatic hydroxyl groups excluding tert-OH is 1. The van der Waals surface area contributed by atoms with Gasteiger partial charge in [0, 0.05) is 0 Å². The number of imidazole rings is 1. The Morgan fingerprint density at radius 1 is 1.47 bits per heavy atom. The summed E-state index contributed by atoms with van der Waals surface area (Å²) in [6.07, 6.45) is 0.372. The second-order valence-electron chi connectivity index (χ2n) is 3.45. The molecule has 0 radical (unpaired) electrons. The lowest BCUT2D eigenvalue weighted by molar-refractivity contribution is 0.153. The topological polar surface area (TPSA) is 72.2 Å². The molecule has 2 heterocycles. The Bertz CT molecular complexity index is 484. The van der Waals surface area contributed by atoms with Gasteiger partial charge in [-0.25, -0.2) is 13.4 Å². The number of hydrogen-bond donors (Lipinski definition) is 1. The van der Waals surface area contributed by atoms with Crippen molar-refractivity contribution in [1.82, 2.24) is 9.55 Å². The molecule has 0 aromatic carbocycles. The number of sulfone groups is 1. The summed E-state index contributed by atoms with van der Waals surface area (Å²) in [5, 5.41) is 9.84. The largest absolute Gasteiger partial charge is 0.390 e. The molecule has 2 atom stereocenters. The zero-order valence-corrected chi connectivity index (χ0v) is 9.80. The van der Waals surface area contributed by atoms with Gasteiger partial charge < -0.3 is 9.67 Å². The molecule has 2 rings (SSSR count). The van der Waals surface area contributed by atoms with Crippen LogP contribution in [0, 0.1) is 0 Å². The Balaban J connectivity index is 2.37. The maximum absolute atomic E-state index is 11.3. The minimum absolute atomic E-state index is 0.105. The lowest BCUT2D eigenvalue weighted by Gasteiger charge is -2.14. The van der Waals surface area contributed by atoms with E-state index in [2.05, 4.69) is 4.98 Å². The van der Waals surface area contributed by atoms with Crippen LogP contribution in [-0.2, 0) is 9.84 Å². The molecule has 0 aliphatic carbocycles. The highest BCUT2D eigenvalue weighted by Gasteiger charge is 2.38. The monoisotopic (exact) mass is 270 g/mol. The van der Waals surface area contributed by atoms with Gasteiger partial charge in [0.05, 0.1) is 30.0 Å². The summed E-state index contributed by atoms with van der Waals surface area (Å²) in [7, 11) is -3.20. The second-order valence-corrected chi connectivity index (χ2v) is 6.31. The van der Waals surface area contributed by atoms with Crippen LogP contribution in [0.5, 0.6) is 0 Å². The van der Waals surface area contributed by atoms with E-state index in [0.29, 0.717) is 0 Å². The second kappa shape index (κ2) is 3.62. The third kappa shape index (κ3) is 1.99. The molecule has 1 saturated heterocycles. The van der Waals surface area contributed by atoms with Gasteiger partial charge in [-0.1, -0.05) is 23.2 Å². The highest BCUT2D eigenvalue weighted by molar-refractivity contribution is 7.91. The van der Waals surface area contributed by atoms with Crippen molar-refractivity contribution >= 4 is 33.0 Å². The van der Waals surface area contributed by atoms with Crippen molar-refractivity contribution in [2.75, 3.05) is 11.5 Å². The molecule has 0 amide bonds. The van der Waals surface area contributed by atoms with Crippen molar-refractivity contribution in [3.63, 3.8) is 0 Å². The fourth-order valence-electron chi connectivity index (χ4n) is 1.63. The molecule has 5 nitrogen and oxygen atoms in total. The van der Waals surface area contributed by atoms with Gasteiger partial charge in [-0.15, -0.1) is 0 Å². The van der Waals surface area contributed by atoms with Gasteiger partial charge >= 0.3 is 0 Å². The predicted molar refractivity (Wildman–Crippen MR) is 55.9 cm³/mol. The van der Waals surface area contributed by atoms with Crippen molar-refractivity contribution in [3.8, 4) is 0 Å². The van der Waals surface area contributed by atoms with Crippen LogP contribution >= 0.6 is 23.2 Å². The van der Waals surface area contributed by atoms with Crippen LogP contribution < -0.4 is 0 Å². The van der Waals surface area contributed by atoms with Crippen molar-refractivity contribution in [2.24, 2.45) is 0 Å². The molecule has 0 spiro atoms. The zero-order chi connectivity index (χ0) is 11.2. The molecule has 1 fully saturated rings. The Hall–Kier alpha value is -0.300. The Morgan fingerprint density at radius 2 is 2.13 bits per heavy atom. The number of aliphatic hydroxyl groups is 1. The van der Waals surface area contributed by atoms with Gasteiger partial charge in [-0.05, 0) is 0 Å². The molecular weight excluding hydrogens is 263 g/mol. The van der Waals surface area contributed by atoms with E-state index in [9.17, 15) is 13.5 Å². The average molecular weight is 271 g/mol. The number of aromatic nitrogens is 2. The first-order valence-corrected chi connectivity index (χ1v) is 6.75. The fourth-order valence-corrected chi connectivity index (χ4v) is 3.77. The van der Waals surface area contributed by atoms with E-state index >= 15 is 0 Å². The summed E-state index contributed by atoms with van der Waals surface area (Å²) in [4.78, 5) is 3.73. The van der Waals surface area contributed by atoms with Gasteiger partial charge in [0.25, 0.3) is 0 Å². The molecule has 84 valence electrons. The van der Waals surface area contributed by atoms with E-state index in [1.54, 1.807) is 0 Å². The molecule has 1 aliphatic rings. The van der Waals surface area contributed by atoms with Gasteiger partial charge in [0.1, 0.15) is 5.15 Å². The molecule has 0 saturated carbocycles. The first-order valence-electron chi connectivity index (χ1n) is 4.17. The number of rotatable bonds is 1. The van der Waals surface area contributed by atoms with Crippen LogP contribution in [0.3, 0.4) is 0 Å². The number of halogens is 2. The van der Waals surface area contributed by atoms with Crippen LogP contribution in [-0.4, -0.2) is 40.7 Å². The number of nitrogens with zero attached hydrogens (tertiary/aromatic N) is 2. The van der Waals surface area contributed by atoms with E-state index < -0.39 is 22.0 Å². The first-order chi connectivity index (χ1) is 6.91. The smallest absolute Gasteiger partial charge is 0.166 e. The van der Waals surface area contributed by atoms with Crippen LogP contribution in [0.2, 0.25) is 10.3 Å². The van der Waals surface area contributed by atoms with Crippen molar-refractivity contribution in [1.29, 1.82) is 0 Å². The highest BCUT2D eigenvalue weighted by Crippen LogP contribution is 2.30. The molecule has 1 aliphatic heterocycles. The average Bonchev–Trinajstić information content (AvgIpc) is 2.55. The van der Waals surface area contributed by atoms with Crippen molar-refractivity contribution < 1.29 is 13.5 Å². The quantitative estimate of drug-likeness (QED) is 0.808. The SMILES string of the molecule is O=S1(=O)CC(n2cnc(Cl)c2Cl)[C@H](O)C1. The Kier molecular flexibility index (Phi) is 2.70. The lowest BCUT2D eigenvalue weighted by atomic mass is 10.2. The third-order valence-electron chi connectivity index (χ3n) is 2.34. The molecule has 1 N–H and O–H groups in total. The molecule has 15 heavy (non-hydrogen) atoms. The molecule has 0 bridgehead atoms. The van der Waals surface area contributed by atoms with E-state index in [1.165, 1.54) is 10.9 Å². The Labute approximate surface area is 96.6 Å². The van der Waals surface area contributed by atoms with Crippen LogP contribution in [0.15, 0.2) is 6.33 Å². The summed E-state index contributed by atoms with van der Waals surface area (Å²) in [5.41, 5.74) is 0. The number of hydrogen-bond acceptors (Lipinski definition) is 4. The summed E-state index contributed by atoms with van der Waals surface area (Å²) in [5.74, 6) is -0.385. The summed E-state index contributed by atoms with van der Waals surface area (Å²) in [6, 6.07) is -0.595. The van der Waals surface area contributed by atoms with Gasteiger partial charge in [-0.2, -0.15) is 0 Å². The van der Waals surface area contributed by atoms with E-state index in [1.807, 2.05) is 0 Å². The normalized spacial score (nSPS) is 29.5. The molecule has 1 aromatic rings. The van der Waals surface area contributed by atoms with Gasteiger partial charge in [-0.3, -0.25) is 0 Å². The van der Waals surface area contributed by atoms with Crippen LogP contribution in [0.4, 0.5) is 0 Å². The zero-order valence-electron chi connectivity index (χ0n) is 7.47. The predicted octanol–water partition coefficient (Wildman–Crippen LogP) is 0.520. The summed E-state index contributed by atoms with van der Waals surface area (Å²) < 4.78 is 23.9. The summed E-state index contributed by atoms with van der Waals surface area (Å²) in [6.45, 7) is 0. The Morgan fingerprint density at radius 3 is 2.53 bits per heavy atom. The standard InChI is InChI=1S/C7H8Cl2N2O3S/c8-6-7(9)11(3-10-6)4-1-15(13,14)2-5(4)12/h3-5,12H,1-2H2/t4?,5-/m1/s1. The maximum Gasteiger partial charge on any atom is 0.166 e. The van der Waals surface area contributed by atoms with E-state index in [4.69, 9.17) is 23.2 Å². The molecule has 1 unspecified atom stereocenters. The first kappa shape index (κ1) is 11.2. The van der Waals surface area contributed by atoms with Crippen molar-refractivity contribution in [3.05, 3.63) is 16.6 Å². The molecule has 8 heteroatoms. The molecule has 1 aromatic heterocycles. The van der Waals surface area contributed by atoms with E-state index in [0.717, 1.165) is 0 Å². The van der Waals surface area contributed by atoms with Crippen LogP contribution in [0.25, 0.3) is 0 Å². The molecular formula is C7H8Cl2N2O3S. The van der Waals surface area contributed by atoms with E-state index in [-0.39, 0.29) is 21.8 Å². The minimum Gasteiger partial charge on any atom is -0.390 e. The maximum atomic E-state index is 11.3. The fraction of sp³-hybridized carbons (Fsp3) is 0.571. The lowest BCUT2D eigenvalue weighted by Crippen LogP contribution is -2.21.